The zero-order valence-corrected chi connectivity index (χ0v) is 34.3. The molecule has 5 heterocycles. The Morgan fingerprint density at radius 1 is 0.397 bits per heavy atom. The zero-order chi connectivity index (χ0) is 41.4. The van der Waals surface area contributed by atoms with Crippen molar-refractivity contribution < 1.29 is 4.42 Å². The van der Waals surface area contributed by atoms with E-state index in [0.29, 0.717) is 23.3 Å². The largest absolute Gasteiger partial charge is 0.455 e. The summed E-state index contributed by atoms with van der Waals surface area (Å²) in [6.07, 6.45) is 0. The van der Waals surface area contributed by atoms with Gasteiger partial charge < -0.3 is 8.98 Å². The van der Waals surface area contributed by atoms with Gasteiger partial charge in [0.05, 0.1) is 32.5 Å². The second-order valence-electron chi connectivity index (χ2n) is 15.6. The molecule has 0 spiro atoms. The highest BCUT2D eigenvalue weighted by Gasteiger charge is 2.21. The van der Waals surface area contributed by atoms with Crippen molar-refractivity contribution in [1.82, 2.24) is 29.5 Å². The number of nitrogens with zero attached hydrogens (tertiary/aromatic N) is 6. The summed E-state index contributed by atoms with van der Waals surface area (Å²) in [5.74, 6) is 2.35. The van der Waals surface area contributed by atoms with E-state index in [9.17, 15) is 0 Å². The Labute approximate surface area is 364 Å². The number of thiophene rings is 1. The van der Waals surface area contributed by atoms with E-state index in [1.54, 1.807) is 11.3 Å². The summed E-state index contributed by atoms with van der Waals surface area (Å²) in [7, 11) is 0. The van der Waals surface area contributed by atoms with Crippen LogP contribution in [0, 0.1) is 0 Å². The van der Waals surface area contributed by atoms with Gasteiger partial charge in [-0.2, -0.15) is 0 Å². The predicted molar refractivity (Wildman–Crippen MR) is 257 cm³/mol. The second kappa shape index (κ2) is 14.1. The zero-order valence-electron chi connectivity index (χ0n) is 33.5. The van der Waals surface area contributed by atoms with Crippen LogP contribution in [-0.2, 0) is 0 Å². The monoisotopic (exact) mass is 824 g/mol. The van der Waals surface area contributed by atoms with Crippen LogP contribution in [0.15, 0.2) is 199 Å². The van der Waals surface area contributed by atoms with E-state index in [4.69, 9.17) is 29.3 Å². The highest BCUT2D eigenvalue weighted by molar-refractivity contribution is 7.26. The molecule has 8 heteroatoms. The number of aromatic nitrogens is 6. The lowest BCUT2D eigenvalue weighted by Crippen LogP contribution is -2.00. The summed E-state index contributed by atoms with van der Waals surface area (Å²) >= 11 is 1.73. The van der Waals surface area contributed by atoms with Crippen LogP contribution in [0.4, 0.5) is 0 Å². The molecule has 0 amide bonds. The van der Waals surface area contributed by atoms with E-state index in [2.05, 4.69) is 150 Å². The van der Waals surface area contributed by atoms with Gasteiger partial charge in [-0.05, 0) is 48.5 Å². The average molecular weight is 825 g/mol. The molecule has 8 aromatic carbocycles. The van der Waals surface area contributed by atoms with Gasteiger partial charge in [0, 0.05) is 59.6 Å². The summed E-state index contributed by atoms with van der Waals surface area (Å²) in [4.78, 5) is 25.9. The minimum Gasteiger partial charge on any atom is -0.455 e. The Kier molecular flexibility index (Phi) is 7.94. The first-order valence-corrected chi connectivity index (χ1v) is 21.6. The van der Waals surface area contributed by atoms with Crippen LogP contribution in [0.5, 0.6) is 0 Å². The van der Waals surface area contributed by atoms with E-state index in [-0.39, 0.29) is 0 Å². The third kappa shape index (κ3) is 5.76. The topological polar surface area (TPSA) is 82.5 Å². The molecule has 0 aliphatic heterocycles. The highest BCUT2D eigenvalue weighted by atomic mass is 32.1. The fourth-order valence-electron chi connectivity index (χ4n) is 8.93. The van der Waals surface area contributed by atoms with E-state index in [0.717, 1.165) is 93.2 Å². The molecule has 63 heavy (non-hydrogen) atoms. The molecule has 0 N–H and O–H groups in total. The van der Waals surface area contributed by atoms with Crippen LogP contribution >= 0.6 is 11.3 Å². The molecule has 5 aromatic heterocycles. The molecule has 13 rings (SSSR count). The maximum atomic E-state index is 6.84. The van der Waals surface area contributed by atoms with Crippen LogP contribution in [-0.4, -0.2) is 29.5 Å². The summed E-state index contributed by atoms with van der Waals surface area (Å²) in [6, 6.07) is 66.8. The maximum absolute atomic E-state index is 6.84. The summed E-state index contributed by atoms with van der Waals surface area (Å²) < 4.78 is 11.4. The van der Waals surface area contributed by atoms with Gasteiger partial charge in [-0.15, -0.1) is 11.3 Å². The minimum atomic E-state index is 0.552. The van der Waals surface area contributed by atoms with Crippen molar-refractivity contribution in [3.05, 3.63) is 194 Å². The van der Waals surface area contributed by atoms with Gasteiger partial charge in [-0.3, -0.25) is 0 Å². The van der Waals surface area contributed by atoms with Crippen molar-refractivity contribution in [1.29, 1.82) is 0 Å². The smallest absolute Gasteiger partial charge is 0.164 e. The normalized spacial score (nSPS) is 11.8. The first kappa shape index (κ1) is 35.4. The molecule has 0 unspecified atom stereocenters. The third-order valence-electron chi connectivity index (χ3n) is 11.9. The first-order chi connectivity index (χ1) is 31.2. The minimum absolute atomic E-state index is 0.552. The molecular weight excluding hydrogens is 793 g/mol. The van der Waals surface area contributed by atoms with Crippen molar-refractivity contribution in [2.75, 3.05) is 0 Å². The fourth-order valence-corrected chi connectivity index (χ4v) is 10.1. The van der Waals surface area contributed by atoms with Crippen LogP contribution < -0.4 is 0 Å². The molecular formula is C55H32N6OS. The van der Waals surface area contributed by atoms with Crippen molar-refractivity contribution in [2.45, 2.75) is 0 Å². The molecule has 0 aliphatic rings. The van der Waals surface area contributed by atoms with E-state index in [1.165, 1.54) is 10.1 Å². The van der Waals surface area contributed by atoms with Crippen LogP contribution in [0.3, 0.4) is 0 Å². The number of rotatable bonds is 6. The molecule has 0 aliphatic carbocycles. The molecule has 7 nitrogen and oxygen atoms in total. The Morgan fingerprint density at radius 2 is 1.00 bits per heavy atom. The Balaban J connectivity index is 0.976. The standard InChI is InChI=1S/C55H32N6OS/c1-4-15-33(16-5-1)48-51-49(42-22-11-13-26-47(42)63-51)57-55(56-48)43-24-14-23-41-40-30-28-36(32-46(40)62-50(41)43)54-59-52(34-17-6-2-7-18-34)58-53(60-54)35-27-29-39-38-21-10-12-25-44(38)61(45(39)31-35)37-19-8-3-9-20-37/h1-32H. The van der Waals surface area contributed by atoms with Crippen molar-refractivity contribution >= 4 is 75.4 Å². The molecule has 0 saturated heterocycles. The van der Waals surface area contributed by atoms with E-state index >= 15 is 0 Å². The molecule has 13 aromatic rings. The van der Waals surface area contributed by atoms with Crippen molar-refractivity contribution in [3.8, 4) is 62.5 Å². The molecule has 0 fully saturated rings. The van der Waals surface area contributed by atoms with Gasteiger partial charge in [-0.1, -0.05) is 146 Å². The Hall–Kier alpha value is -8.33. The predicted octanol–water partition coefficient (Wildman–Crippen LogP) is 14.4. The van der Waals surface area contributed by atoms with Crippen LogP contribution in [0.2, 0.25) is 0 Å². The molecule has 0 atom stereocenters. The third-order valence-corrected chi connectivity index (χ3v) is 13.0. The van der Waals surface area contributed by atoms with Crippen LogP contribution in [0.25, 0.3) is 127 Å². The lowest BCUT2D eigenvalue weighted by Gasteiger charge is -2.10. The van der Waals surface area contributed by atoms with Gasteiger partial charge in [-0.25, -0.2) is 24.9 Å². The lowest BCUT2D eigenvalue weighted by atomic mass is 10.1. The summed E-state index contributed by atoms with van der Waals surface area (Å²) in [6.45, 7) is 0. The molecule has 0 radical (unpaired) electrons. The lowest BCUT2D eigenvalue weighted by molar-refractivity contribution is 0.669. The number of furan rings is 1. The van der Waals surface area contributed by atoms with E-state index < -0.39 is 0 Å². The number of fused-ring (bicyclic) bond motifs is 9. The first-order valence-electron chi connectivity index (χ1n) is 20.8. The van der Waals surface area contributed by atoms with Crippen LogP contribution in [0.1, 0.15) is 0 Å². The van der Waals surface area contributed by atoms with Gasteiger partial charge in [0.2, 0.25) is 0 Å². The number of hydrogen-bond acceptors (Lipinski definition) is 7. The van der Waals surface area contributed by atoms with Crippen molar-refractivity contribution in [2.24, 2.45) is 0 Å². The quantitative estimate of drug-likeness (QED) is 0.166. The van der Waals surface area contributed by atoms with Gasteiger partial charge in [0.25, 0.3) is 0 Å². The van der Waals surface area contributed by atoms with E-state index in [1.807, 2.05) is 48.5 Å². The number of hydrogen-bond donors (Lipinski definition) is 0. The van der Waals surface area contributed by atoms with Crippen molar-refractivity contribution in [3.63, 3.8) is 0 Å². The Bertz CT molecular complexity index is 3910. The molecule has 294 valence electrons. The fraction of sp³-hybridized carbons (Fsp3) is 0. The van der Waals surface area contributed by atoms with Gasteiger partial charge in [0.15, 0.2) is 23.3 Å². The van der Waals surface area contributed by atoms with Gasteiger partial charge in [0.1, 0.15) is 11.2 Å². The highest BCUT2D eigenvalue weighted by Crippen LogP contribution is 2.42. The maximum Gasteiger partial charge on any atom is 0.164 e. The molecule has 0 bridgehead atoms. The number of benzene rings is 8. The Morgan fingerprint density at radius 3 is 1.78 bits per heavy atom. The summed E-state index contributed by atoms with van der Waals surface area (Å²) in [5.41, 5.74) is 11.1. The average Bonchev–Trinajstić information content (AvgIpc) is 4.03. The SMILES string of the molecule is c1ccc(-c2nc(-c3ccc4c(c3)oc3c(-c5nc(-c6ccccc6)c6sc7ccccc7c6n5)cccc34)nc(-c3ccc4c5ccccc5n(-c5ccccc5)c4c3)n2)cc1. The second-order valence-corrected chi connectivity index (χ2v) is 16.7. The molecule has 0 saturated carbocycles. The van der Waals surface area contributed by atoms with Gasteiger partial charge >= 0.3 is 0 Å². The number of para-hydroxylation sites is 3. The summed E-state index contributed by atoms with van der Waals surface area (Å²) in [5, 5.41) is 5.44.